The fourth-order valence-corrected chi connectivity index (χ4v) is 2.85. The third-order valence-corrected chi connectivity index (χ3v) is 4.13. The number of rotatable bonds is 9. The first-order valence-electron chi connectivity index (χ1n) is 8.08. The van der Waals surface area contributed by atoms with Gasteiger partial charge >= 0.3 is 5.97 Å². The second kappa shape index (κ2) is 9.72. The third-order valence-electron chi connectivity index (χ3n) is 4.13. The van der Waals surface area contributed by atoms with Crippen molar-refractivity contribution in [2.75, 3.05) is 7.11 Å². The van der Waals surface area contributed by atoms with Gasteiger partial charge in [0.25, 0.3) is 0 Å². The SMILES string of the molecule is CCCCC1C(=CCCCCCC(=O)OC)C(=O)CC1O. The number of carbonyl (C=O) groups is 2. The van der Waals surface area contributed by atoms with Crippen molar-refractivity contribution in [1.82, 2.24) is 0 Å². The lowest BCUT2D eigenvalue weighted by Gasteiger charge is -2.14. The van der Waals surface area contributed by atoms with E-state index < -0.39 is 6.10 Å². The van der Waals surface area contributed by atoms with Crippen LogP contribution in [0.3, 0.4) is 0 Å². The van der Waals surface area contributed by atoms with E-state index >= 15 is 0 Å². The van der Waals surface area contributed by atoms with Crippen LogP contribution in [-0.4, -0.2) is 30.1 Å². The number of carbonyl (C=O) groups excluding carboxylic acids is 2. The Morgan fingerprint density at radius 2 is 2.10 bits per heavy atom. The van der Waals surface area contributed by atoms with E-state index in [4.69, 9.17) is 0 Å². The number of ketones is 1. The number of allylic oxidation sites excluding steroid dienone is 1. The maximum atomic E-state index is 11.9. The van der Waals surface area contributed by atoms with Crippen molar-refractivity contribution >= 4 is 11.8 Å². The minimum Gasteiger partial charge on any atom is -0.469 e. The number of aliphatic hydroxyl groups excluding tert-OH is 1. The second-order valence-corrected chi connectivity index (χ2v) is 5.78. The van der Waals surface area contributed by atoms with Gasteiger partial charge < -0.3 is 9.84 Å². The molecule has 0 aromatic heterocycles. The molecule has 1 aliphatic carbocycles. The van der Waals surface area contributed by atoms with Crippen LogP contribution in [0.4, 0.5) is 0 Å². The molecule has 1 aliphatic rings. The quantitative estimate of drug-likeness (QED) is 0.403. The topological polar surface area (TPSA) is 63.6 Å². The van der Waals surface area contributed by atoms with E-state index in [0.29, 0.717) is 6.42 Å². The lowest BCUT2D eigenvalue weighted by molar-refractivity contribution is -0.140. The Bertz CT molecular complexity index is 373. The number of hydrogen-bond donors (Lipinski definition) is 1. The van der Waals surface area contributed by atoms with Gasteiger partial charge in [-0.1, -0.05) is 32.3 Å². The Kier molecular flexibility index (Phi) is 8.28. The number of methoxy groups -OCH3 is 1. The molecule has 0 spiro atoms. The monoisotopic (exact) mass is 296 g/mol. The summed E-state index contributed by atoms with van der Waals surface area (Å²) in [6.07, 6.45) is 8.88. The zero-order valence-corrected chi connectivity index (χ0v) is 13.3. The van der Waals surface area contributed by atoms with Gasteiger partial charge in [0.05, 0.1) is 13.2 Å². The average molecular weight is 296 g/mol. The number of unbranched alkanes of at least 4 members (excludes halogenated alkanes) is 4. The minimum absolute atomic E-state index is 0.0347. The molecule has 0 bridgehead atoms. The third kappa shape index (κ3) is 6.00. The highest BCUT2D eigenvalue weighted by Crippen LogP contribution is 2.33. The van der Waals surface area contributed by atoms with Crippen molar-refractivity contribution in [2.24, 2.45) is 5.92 Å². The first kappa shape index (κ1) is 17.9. The molecule has 0 heterocycles. The van der Waals surface area contributed by atoms with Crippen molar-refractivity contribution in [3.63, 3.8) is 0 Å². The molecule has 0 saturated heterocycles. The van der Waals surface area contributed by atoms with Crippen LogP contribution in [0.25, 0.3) is 0 Å². The van der Waals surface area contributed by atoms with Gasteiger partial charge in [-0.05, 0) is 31.3 Å². The van der Waals surface area contributed by atoms with E-state index in [2.05, 4.69) is 11.7 Å². The number of Topliss-reactive ketones (excluding diaryl/α,β-unsaturated/α-hetero) is 1. The van der Waals surface area contributed by atoms with E-state index in [9.17, 15) is 14.7 Å². The predicted molar refractivity (Wildman–Crippen MR) is 81.8 cm³/mol. The number of ether oxygens (including phenoxy) is 1. The first-order chi connectivity index (χ1) is 10.1. The Labute approximate surface area is 127 Å². The predicted octanol–water partition coefficient (Wildman–Crippen LogP) is 3.18. The molecule has 0 radical (unpaired) electrons. The molecular formula is C17H28O4. The van der Waals surface area contributed by atoms with Crippen molar-refractivity contribution in [2.45, 2.75) is 70.8 Å². The molecule has 0 aromatic carbocycles. The molecule has 4 heteroatoms. The fourth-order valence-electron chi connectivity index (χ4n) is 2.85. The Morgan fingerprint density at radius 3 is 2.76 bits per heavy atom. The van der Waals surface area contributed by atoms with Gasteiger partial charge in [-0.2, -0.15) is 0 Å². The molecule has 1 saturated carbocycles. The molecule has 21 heavy (non-hydrogen) atoms. The smallest absolute Gasteiger partial charge is 0.305 e. The number of aliphatic hydroxyl groups is 1. The van der Waals surface area contributed by atoms with E-state index in [1.54, 1.807) is 0 Å². The molecule has 0 amide bonds. The van der Waals surface area contributed by atoms with Crippen LogP contribution < -0.4 is 0 Å². The highest BCUT2D eigenvalue weighted by molar-refractivity contribution is 5.98. The van der Waals surface area contributed by atoms with Crippen molar-refractivity contribution in [1.29, 1.82) is 0 Å². The lowest BCUT2D eigenvalue weighted by Crippen LogP contribution is -2.14. The molecule has 120 valence electrons. The molecule has 0 aromatic rings. The molecule has 1 N–H and O–H groups in total. The van der Waals surface area contributed by atoms with Crippen LogP contribution in [0.1, 0.15) is 64.7 Å². The Balaban J connectivity index is 2.35. The average Bonchev–Trinajstić information content (AvgIpc) is 2.74. The van der Waals surface area contributed by atoms with Gasteiger partial charge in [0.2, 0.25) is 0 Å². The summed E-state index contributed by atoms with van der Waals surface area (Å²) in [6.45, 7) is 2.12. The summed E-state index contributed by atoms with van der Waals surface area (Å²) in [7, 11) is 1.40. The van der Waals surface area contributed by atoms with Crippen LogP contribution in [-0.2, 0) is 14.3 Å². The van der Waals surface area contributed by atoms with Crippen LogP contribution in [0.2, 0.25) is 0 Å². The standard InChI is InChI=1S/C17H28O4/c1-3-4-9-13-14(16(19)12-15(13)18)10-7-5-6-8-11-17(20)21-2/h10,13,15,18H,3-9,11-12H2,1-2H3. The maximum Gasteiger partial charge on any atom is 0.305 e. The van der Waals surface area contributed by atoms with Gasteiger partial charge in [-0.25, -0.2) is 0 Å². The zero-order chi connectivity index (χ0) is 15.7. The minimum atomic E-state index is -0.491. The fraction of sp³-hybridized carbons (Fsp3) is 0.765. The van der Waals surface area contributed by atoms with E-state index in [1.165, 1.54) is 7.11 Å². The summed E-state index contributed by atoms with van der Waals surface area (Å²) >= 11 is 0. The van der Waals surface area contributed by atoms with Gasteiger partial charge in [0.15, 0.2) is 5.78 Å². The highest BCUT2D eigenvalue weighted by atomic mass is 16.5. The van der Waals surface area contributed by atoms with Crippen LogP contribution in [0.5, 0.6) is 0 Å². The van der Waals surface area contributed by atoms with Crippen molar-refractivity contribution in [3.8, 4) is 0 Å². The molecular weight excluding hydrogens is 268 g/mol. The van der Waals surface area contributed by atoms with Gasteiger partial charge in [0, 0.05) is 18.8 Å². The molecule has 0 aliphatic heterocycles. The molecule has 1 fully saturated rings. The van der Waals surface area contributed by atoms with E-state index in [-0.39, 0.29) is 24.1 Å². The van der Waals surface area contributed by atoms with E-state index in [1.807, 2.05) is 6.08 Å². The summed E-state index contributed by atoms with van der Waals surface area (Å²) in [4.78, 5) is 22.9. The molecule has 2 unspecified atom stereocenters. The second-order valence-electron chi connectivity index (χ2n) is 5.78. The van der Waals surface area contributed by atoms with Gasteiger partial charge in [-0.3, -0.25) is 9.59 Å². The summed E-state index contributed by atoms with van der Waals surface area (Å²) in [5.74, 6) is -0.0206. The molecule has 4 nitrogen and oxygen atoms in total. The van der Waals surface area contributed by atoms with Gasteiger partial charge in [0.1, 0.15) is 0 Å². The largest absolute Gasteiger partial charge is 0.469 e. The maximum absolute atomic E-state index is 11.9. The van der Waals surface area contributed by atoms with E-state index in [0.717, 1.165) is 50.5 Å². The van der Waals surface area contributed by atoms with Crippen LogP contribution in [0, 0.1) is 5.92 Å². The zero-order valence-electron chi connectivity index (χ0n) is 13.3. The van der Waals surface area contributed by atoms with Gasteiger partial charge in [-0.15, -0.1) is 0 Å². The Morgan fingerprint density at radius 1 is 1.33 bits per heavy atom. The van der Waals surface area contributed by atoms with Crippen LogP contribution in [0.15, 0.2) is 11.6 Å². The van der Waals surface area contributed by atoms with Crippen molar-refractivity contribution < 1.29 is 19.4 Å². The van der Waals surface area contributed by atoms with Crippen LogP contribution >= 0.6 is 0 Å². The molecule has 2 atom stereocenters. The summed E-state index contributed by atoms with van der Waals surface area (Å²) < 4.78 is 4.59. The number of hydrogen-bond acceptors (Lipinski definition) is 4. The molecule has 1 rings (SSSR count). The highest BCUT2D eigenvalue weighted by Gasteiger charge is 2.35. The first-order valence-corrected chi connectivity index (χ1v) is 8.08. The lowest BCUT2D eigenvalue weighted by atomic mass is 9.93. The Hall–Kier alpha value is -1.16. The van der Waals surface area contributed by atoms with Crippen molar-refractivity contribution in [3.05, 3.63) is 11.6 Å². The summed E-state index contributed by atoms with van der Waals surface area (Å²) in [5, 5.41) is 9.97. The summed E-state index contributed by atoms with van der Waals surface area (Å²) in [5.41, 5.74) is 0.837. The number of esters is 1. The summed E-state index contributed by atoms with van der Waals surface area (Å²) in [6, 6.07) is 0. The normalized spacial score (nSPS) is 23.8.